The van der Waals surface area contributed by atoms with E-state index in [1.54, 1.807) is 13.2 Å². The number of thiazole rings is 1. The molecule has 1 heterocycles. The molecule has 146 valence electrons. The molecule has 0 radical (unpaired) electrons. The second-order valence-corrected chi connectivity index (χ2v) is 6.73. The summed E-state index contributed by atoms with van der Waals surface area (Å²) in [4.78, 5) is 15.3. The molecule has 1 aromatic heterocycles. The van der Waals surface area contributed by atoms with Crippen molar-refractivity contribution in [2.75, 3.05) is 20.3 Å². The Labute approximate surface area is 167 Å². The fourth-order valence-electron chi connectivity index (χ4n) is 2.61. The van der Waals surface area contributed by atoms with Crippen LogP contribution in [0.15, 0.2) is 47.8 Å². The van der Waals surface area contributed by atoms with Gasteiger partial charge >= 0.3 is 5.97 Å². The molecule has 0 bridgehead atoms. The van der Waals surface area contributed by atoms with Gasteiger partial charge in [0, 0.05) is 5.38 Å². The highest BCUT2D eigenvalue weighted by Crippen LogP contribution is 2.39. The second-order valence-electron chi connectivity index (χ2n) is 5.87. The largest absolute Gasteiger partial charge is 0.493 e. The molecule has 0 amide bonds. The molecule has 28 heavy (non-hydrogen) atoms. The number of benzene rings is 2. The van der Waals surface area contributed by atoms with Gasteiger partial charge in [-0.3, -0.25) is 0 Å². The van der Waals surface area contributed by atoms with E-state index in [0.717, 1.165) is 12.2 Å². The lowest BCUT2D eigenvalue weighted by atomic mass is 10.2. The van der Waals surface area contributed by atoms with Crippen LogP contribution in [0.3, 0.4) is 0 Å². The van der Waals surface area contributed by atoms with E-state index in [2.05, 4.69) is 11.9 Å². The fourth-order valence-corrected chi connectivity index (χ4v) is 3.43. The molecule has 0 spiro atoms. The molecule has 0 aliphatic carbocycles. The van der Waals surface area contributed by atoms with Gasteiger partial charge in [0.25, 0.3) is 0 Å². The first-order valence-electron chi connectivity index (χ1n) is 8.83. The van der Waals surface area contributed by atoms with Crippen molar-refractivity contribution >= 4 is 17.3 Å². The molecular formula is C21H21NO5S. The number of aromatic nitrogens is 1. The highest BCUT2D eigenvalue weighted by molar-refractivity contribution is 7.13. The summed E-state index contributed by atoms with van der Waals surface area (Å²) < 4.78 is 17.0. The molecule has 1 N–H and O–H groups in total. The first kappa shape index (κ1) is 19.7. The number of carboxylic acid groups (broad SMARTS) is 1. The van der Waals surface area contributed by atoms with Crippen molar-refractivity contribution in [2.24, 2.45) is 0 Å². The number of carboxylic acids is 1. The van der Waals surface area contributed by atoms with Crippen molar-refractivity contribution in [3.8, 4) is 27.8 Å². The minimum absolute atomic E-state index is 0.00706. The molecule has 0 aliphatic heterocycles. The van der Waals surface area contributed by atoms with Crippen LogP contribution >= 0.6 is 11.3 Å². The molecule has 0 unspecified atom stereocenters. The Kier molecular flexibility index (Phi) is 6.49. The second kappa shape index (κ2) is 9.23. The summed E-state index contributed by atoms with van der Waals surface area (Å²) in [5, 5.41) is 11.2. The Hall–Kier alpha value is -3.06. The minimum Gasteiger partial charge on any atom is -0.493 e. The number of ether oxygens (including phenoxy) is 3. The zero-order valence-electron chi connectivity index (χ0n) is 15.7. The summed E-state index contributed by atoms with van der Waals surface area (Å²) in [6, 6.07) is 13.4. The number of methoxy groups -OCH3 is 1. The van der Waals surface area contributed by atoms with Gasteiger partial charge in [-0.15, -0.1) is 11.3 Å². The molecule has 0 atom stereocenters. The number of hydrogen-bond acceptors (Lipinski definition) is 6. The van der Waals surface area contributed by atoms with Crippen molar-refractivity contribution in [3.05, 3.63) is 59.1 Å². The van der Waals surface area contributed by atoms with E-state index in [9.17, 15) is 4.79 Å². The van der Waals surface area contributed by atoms with E-state index in [-0.39, 0.29) is 5.69 Å². The van der Waals surface area contributed by atoms with E-state index in [4.69, 9.17) is 19.3 Å². The number of rotatable bonds is 9. The predicted octanol–water partition coefficient (Wildman–Crippen LogP) is 4.54. The summed E-state index contributed by atoms with van der Waals surface area (Å²) in [6.45, 7) is 2.78. The van der Waals surface area contributed by atoms with Crippen LogP contribution in [0, 0.1) is 0 Å². The van der Waals surface area contributed by atoms with Gasteiger partial charge in [0.2, 0.25) is 0 Å². The normalized spacial score (nSPS) is 10.5. The maximum atomic E-state index is 11.1. The van der Waals surface area contributed by atoms with Gasteiger partial charge in [0.05, 0.1) is 12.7 Å². The van der Waals surface area contributed by atoms with Gasteiger partial charge in [-0.05, 0) is 36.2 Å². The minimum atomic E-state index is -1.06. The first-order valence-corrected chi connectivity index (χ1v) is 9.71. The molecular weight excluding hydrogens is 378 g/mol. The van der Waals surface area contributed by atoms with Crippen molar-refractivity contribution in [1.82, 2.24) is 4.98 Å². The Morgan fingerprint density at radius 3 is 2.50 bits per heavy atom. The van der Waals surface area contributed by atoms with E-state index < -0.39 is 5.97 Å². The molecule has 0 saturated heterocycles. The van der Waals surface area contributed by atoms with E-state index in [0.29, 0.717) is 35.3 Å². The number of para-hydroxylation sites is 1. The smallest absolute Gasteiger partial charge is 0.355 e. The SMILES string of the molecule is CCc1ccc(OCCOc2c(OC)cccc2-c2nc(C(=O)O)cs2)cc1. The summed E-state index contributed by atoms with van der Waals surface area (Å²) in [5.74, 6) is 0.792. The molecule has 6 nitrogen and oxygen atoms in total. The predicted molar refractivity (Wildman–Crippen MR) is 108 cm³/mol. The summed E-state index contributed by atoms with van der Waals surface area (Å²) in [7, 11) is 1.56. The van der Waals surface area contributed by atoms with Crippen LogP contribution in [0.5, 0.6) is 17.2 Å². The fraction of sp³-hybridized carbons (Fsp3) is 0.238. The Balaban J connectivity index is 1.70. The zero-order valence-corrected chi connectivity index (χ0v) is 16.5. The van der Waals surface area contributed by atoms with Crippen LogP contribution in [-0.2, 0) is 6.42 Å². The van der Waals surface area contributed by atoms with Crippen LogP contribution in [0.2, 0.25) is 0 Å². The van der Waals surface area contributed by atoms with Crippen molar-refractivity contribution in [2.45, 2.75) is 13.3 Å². The van der Waals surface area contributed by atoms with Crippen LogP contribution in [0.25, 0.3) is 10.6 Å². The average Bonchev–Trinajstić information content (AvgIpc) is 3.22. The third-order valence-corrected chi connectivity index (χ3v) is 4.96. The molecule has 3 rings (SSSR count). The number of nitrogens with zero attached hydrogens (tertiary/aromatic N) is 1. The average molecular weight is 399 g/mol. The molecule has 7 heteroatoms. The number of aromatic carboxylic acids is 1. The van der Waals surface area contributed by atoms with Crippen molar-refractivity contribution in [3.63, 3.8) is 0 Å². The maximum absolute atomic E-state index is 11.1. The monoisotopic (exact) mass is 399 g/mol. The topological polar surface area (TPSA) is 77.9 Å². The van der Waals surface area contributed by atoms with E-state index in [1.165, 1.54) is 22.3 Å². The van der Waals surface area contributed by atoms with Crippen LogP contribution in [0.4, 0.5) is 0 Å². The van der Waals surface area contributed by atoms with Crippen LogP contribution in [0.1, 0.15) is 23.0 Å². The van der Waals surface area contributed by atoms with E-state index >= 15 is 0 Å². The van der Waals surface area contributed by atoms with E-state index in [1.807, 2.05) is 36.4 Å². The Morgan fingerprint density at radius 2 is 1.86 bits per heavy atom. The molecule has 0 fully saturated rings. The quantitative estimate of drug-likeness (QED) is 0.533. The van der Waals surface area contributed by atoms with Crippen LogP contribution < -0.4 is 14.2 Å². The number of carbonyl (C=O) groups is 1. The molecule has 2 aromatic carbocycles. The van der Waals surface area contributed by atoms with Gasteiger partial charge in [-0.25, -0.2) is 9.78 Å². The van der Waals surface area contributed by atoms with Crippen LogP contribution in [-0.4, -0.2) is 36.4 Å². The third kappa shape index (κ3) is 4.61. The van der Waals surface area contributed by atoms with Gasteiger partial charge < -0.3 is 19.3 Å². The standard InChI is InChI=1S/C21H21NO5S/c1-3-14-7-9-15(10-8-14)26-11-12-27-19-16(5-4-6-18(19)25-2)20-22-17(13-28-20)21(23)24/h4-10,13H,3,11-12H2,1-2H3,(H,23,24). The number of hydrogen-bond donors (Lipinski definition) is 1. The summed E-state index contributed by atoms with van der Waals surface area (Å²) in [5.41, 5.74) is 1.95. The van der Waals surface area contributed by atoms with Crippen molar-refractivity contribution in [1.29, 1.82) is 0 Å². The van der Waals surface area contributed by atoms with Crippen molar-refractivity contribution < 1.29 is 24.1 Å². The van der Waals surface area contributed by atoms with Gasteiger partial charge in [0.15, 0.2) is 17.2 Å². The third-order valence-electron chi connectivity index (χ3n) is 4.08. The molecule has 0 aliphatic rings. The lowest BCUT2D eigenvalue weighted by Crippen LogP contribution is -2.10. The van der Waals surface area contributed by atoms with Gasteiger partial charge in [-0.2, -0.15) is 0 Å². The first-order chi connectivity index (χ1) is 13.6. The highest BCUT2D eigenvalue weighted by atomic mass is 32.1. The summed E-state index contributed by atoms with van der Waals surface area (Å²) in [6.07, 6.45) is 0.986. The lowest BCUT2D eigenvalue weighted by molar-refractivity contribution is 0.0691. The molecule has 0 saturated carbocycles. The maximum Gasteiger partial charge on any atom is 0.355 e. The Morgan fingerprint density at radius 1 is 1.11 bits per heavy atom. The van der Waals surface area contributed by atoms with Gasteiger partial charge in [-0.1, -0.05) is 25.1 Å². The molecule has 3 aromatic rings. The summed E-state index contributed by atoms with van der Waals surface area (Å²) >= 11 is 1.25. The highest BCUT2D eigenvalue weighted by Gasteiger charge is 2.17. The zero-order chi connectivity index (χ0) is 19.9. The van der Waals surface area contributed by atoms with Gasteiger partial charge in [0.1, 0.15) is 24.0 Å². The lowest BCUT2D eigenvalue weighted by Gasteiger charge is -2.14. The Bertz CT molecular complexity index is 936. The number of aryl methyl sites for hydroxylation is 1.